The Morgan fingerprint density at radius 2 is 2.20 bits per heavy atom. The van der Waals surface area contributed by atoms with Gasteiger partial charge in [0.25, 0.3) is 0 Å². The third-order valence-corrected chi connectivity index (χ3v) is 6.13. The zero-order valence-electron chi connectivity index (χ0n) is 12.9. The molecule has 0 spiro atoms. The van der Waals surface area contributed by atoms with Crippen molar-refractivity contribution in [3.63, 3.8) is 0 Å². The molecule has 2 N–H and O–H groups in total. The molecule has 0 aromatic carbocycles. The first kappa shape index (κ1) is 15.8. The fourth-order valence-corrected chi connectivity index (χ4v) is 4.07. The summed E-state index contributed by atoms with van der Waals surface area (Å²) in [6.45, 7) is 7.36. The number of carbonyl (C=O) groups excluding carboxylic acids is 1. The van der Waals surface area contributed by atoms with Gasteiger partial charge in [-0.2, -0.15) is 0 Å². The molecule has 5 heteroatoms. The molecule has 1 unspecified atom stereocenters. The Hall–Kier alpha value is -0.550. The lowest BCUT2D eigenvalue weighted by Gasteiger charge is -2.32. The molecule has 4 nitrogen and oxygen atoms in total. The van der Waals surface area contributed by atoms with Gasteiger partial charge in [0, 0.05) is 0 Å². The minimum Gasteiger partial charge on any atom is -0.388 e. The van der Waals surface area contributed by atoms with Crippen LogP contribution in [-0.4, -0.2) is 32.6 Å². The highest BCUT2D eigenvalue weighted by Crippen LogP contribution is 2.41. The molecule has 0 aromatic heterocycles. The molecule has 3 atom stereocenters. The number of nitrogens with zero attached hydrogens (tertiary/aromatic N) is 1. The van der Waals surface area contributed by atoms with E-state index in [1.165, 1.54) is 31.0 Å². The summed E-state index contributed by atoms with van der Waals surface area (Å²) in [5, 5.41) is 13.7. The molecule has 2 aliphatic rings. The van der Waals surface area contributed by atoms with E-state index in [2.05, 4.69) is 12.2 Å². The molecule has 0 radical (unpaired) electrons. The van der Waals surface area contributed by atoms with E-state index in [1.807, 2.05) is 0 Å². The zero-order valence-corrected chi connectivity index (χ0v) is 13.7. The van der Waals surface area contributed by atoms with E-state index >= 15 is 0 Å². The molecule has 114 valence electrons. The summed E-state index contributed by atoms with van der Waals surface area (Å²) in [5.74, 6) is 0.647. The number of carbonyl (C=O) groups is 1. The van der Waals surface area contributed by atoms with Crippen molar-refractivity contribution in [3.05, 3.63) is 0 Å². The van der Waals surface area contributed by atoms with E-state index in [0.29, 0.717) is 11.2 Å². The molecule has 2 fully saturated rings. The van der Waals surface area contributed by atoms with Crippen LogP contribution >= 0.6 is 11.8 Å². The highest BCUT2D eigenvalue weighted by Gasteiger charge is 2.52. The first-order valence-electron chi connectivity index (χ1n) is 7.57. The molecular formula is C15H26N2O2S. The van der Waals surface area contributed by atoms with Crippen molar-refractivity contribution in [1.29, 1.82) is 0 Å². The topological polar surface area (TPSA) is 61.7 Å². The molecule has 1 saturated heterocycles. The van der Waals surface area contributed by atoms with E-state index < -0.39 is 10.3 Å². The molecule has 0 aromatic rings. The summed E-state index contributed by atoms with van der Waals surface area (Å²) in [5.41, 5.74) is -1.07. The molecule has 1 saturated carbocycles. The second kappa shape index (κ2) is 5.68. The lowest BCUT2D eigenvalue weighted by atomic mass is 9.91. The van der Waals surface area contributed by atoms with E-state index in [1.54, 1.807) is 20.8 Å². The maximum Gasteiger partial charge on any atom is 0.245 e. The van der Waals surface area contributed by atoms with Gasteiger partial charge in [-0.15, -0.1) is 0 Å². The Balaban J connectivity index is 2.02. The number of hydrogen-bond donors (Lipinski definition) is 2. The lowest BCUT2D eigenvalue weighted by Crippen LogP contribution is -2.50. The van der Waals surface area contributed by atoms with Gasteiger partial charge in [-0.05, 0) is 46.0 Å². The summed E-state index contributed by atoms with van der Waals surface area (Å²) in [6, 6.07) is 0.332. The Kier molecular flexibility index (Phi) is 4.50. The Labute approximate surface area is 125 Å². The molecule has 1 aliphatic heterocycles. The Bertz CT molecular complexity index is 417. The van der Waals surface area contributed by atoms with Crippen LogP contribution in [0.5, 0.6) is 0 Å². The molecule has 0 bridgehead atoms. The van der Waals surface area contributed by atoms with Gasteiger partial charge in [0.15, 0.2) is 5.17 Å². The monoisotopic (exact) mass is 298 g/mol. The van der Waals surface area contributed by atoms with Gasteiger partial charge in [0.2, 0.25) is 5.91 Å². The normalized spacial score (nSPS) is 36.6. The van der Waals surface area contributed by atoms with Crippen LogP contribution in [0.2, 0.25) is 0 Å². The predicted octanol–water partition coefficient (Wildman–Crippen LogP) is 2.70. The zero-order chi connectivity index (χ0) is 15.0. The summed E-state index contributed by atoms with van der Waals surface area (Å²) in [6.07, 6.45) is 6.01. The van der Waals surface area contributed by atoms with Crippen LogP contribution in [-0.2, 0) is 4.79 Å². The lowest BCUT2D eigenvalue weighted by molar-refractivity contribution is -0.126. The molecule has 20 heavy (non-hydrogen) atoms. The number of aliphatic hydroxyl groups is 1. The standard InChI is InChI=1S/C15H26N2O2S/c1-5-6-10-7-8-11(9-10)16-13-17-12(18)15(4,20-13)14(2,3)19/h10-11,19H,5-9H2,1-4H3,(H,16,17,18)/t10-,11-,15?/m1/s1. The second-order valence-electron chi connectivity index (χ2n) is 6.70. The van der Waals surface area contributed by atoms with Crippen LogP contribution in [0.25, 0.3) is 0 Å². The fourth-order valence-electron chi connectivity index (χ4n) is 2.95. The number of thioether (sulfide) groups is 1. The maximum atomic E-state index is 12.1. The van der Waals surface area contributed by atoms with Crippen molar-refractivity contribution in [2.24, 2.45) is 10.9 Å². The SMILES string of the molecule is CCC[C@@H]1CC[C@@H](N=C2NC(=O)C(C)(C(C)(C)O)S2)C1. The van der Waals surface area contributed by atoms with E-state index in [4.69, 9.17) is 4.99 Å². The molecule has 1 aliphatic carbocycles. The smallest absolute Gasteiger partial charge is 0.245 e. The van der Waals surface area contributed by atoms with Gasteiger partial charge in [-0.25, -0.2) is 0 Å². The van der Waals surface area contributed by atoms with Gasteiger partial charge < -0.3 is 10.4 Å². The second-order valence-corrected chi connectivity index (χ2v) is 8.11. The number of nitrogens with one attached hydrogen (secondary N) is 1. The van der Waals surface area contributed by atoms with Crippen molar-refractivity contribution < 1.29 is 9.90 Å². The van der Waals surface area contributed by atoms with Crippen LogP contribution in [0.3, 0.4) is 0 Å². The van der Waals surface area contributed by atoms with Crippen LogP contribution in [0.4, 0.5) is 0 Å². The molecule has 1 heterocycles. The fraction of sp³-hybridized carbons (Fsp3) is 0.867. The number of amidine groups is 1. The predicted molar refractivity (Wildman–Crippen MR) is 83.9 cm³/mol. The summed E-state index contributed by atoms with van der Waals surface area (Å²) < 4.78 is -0.854. The highest BCUT2D eigenvalue weighted by atomic mass is 32.2. The van der Waals surface area contributed by atoms with Crippen molar-refractivity contribution >= 4 is 22.8 Å². The largest absolute Gasteiger partial charge is 0.388 e. The number of hydrogen-bond acceptors (Lipinski definition) is 4. The van der Waals surface area contributed by atoms with Gasteiger partial charge in [0.1, 0.15) is 4.75 Å². The van der Waals surface area contributed by atoms with Crippen LogP contribution in [0.15, 0.2) is 4.99 Å². The van der Waals surface area contributed by atoms with E-state index in [-0.39, 0.29) is 5.91 Å². The number of aliphatic imine (C=N–C) groups is 1. The third-order valence-electron chi connectivity index (χ3n) is 4.63. The summed E-state index contributed by atoms with van der Waals surface area (Å²) in [7, 11) is 0. The van der Waals surface area contributed by atoms with Crippen molar-refractivity contribution in [2.75, 3.05) is 0 Å². The first-order chi connectivity index (χ1) is 9.26. The average molecular weight is 298 g/mol. The van der Waals surface area contributed by atoms with Gasteiger partial charge >= 0.3 is 0 Å². The maximum absolute atomic E-state index is 12.1. The molecule has 1 amide bonds. The average Bonchev–Trinajstić information content (AvgIpc) is 2.86. The van der Waals surface area contributed by atoms with Crippen molar-refractivity contribution in [3.8, 4) is 0 Å². The van der Waals surface area contributed by atoms with Crippen LogP contribution < -0.4 is 5.32 Å². The first-order valence-corrected chi connectivity index (χ1v) is 8.38. The summed E-state index contributed by atoms with van der Waals surface area (Å²) in [4.78, 5) is 16.8. The van der Waals surface area contributed by atoms with Gasteiger partial charge in [0.05, 0.1) is 11.6 Å². The molecular weight excluding hydrogens is 272 g/mol. The number of amides is 1. The van der Waals surface area contributed by atoms with E-state index in [0.717, 1.165) is 18.8 Å². The highest BCUT2D eigenvalue weighted by molar-refractivity contribution is 8.16. The minimum absolute atomic E-state index is 0.142. The van der Waals surface area contributed by atoms with Crippen molar-refractivity contribution in [1.82, 2.24) is 5.32 Å². The van der Waals surface area contributed by atoms with Crippen LogP contribution in [0, 0.1) is 5.92 Å². The summed E-state index contributed by atoms with van der Waals surface area (Å²) >= 11 is 1.37. The Morgan fingerprint density at radius 3 is 2.75 bits per heavy atom. The third kappa shape index (κ3) is 3.03. The van der Waals surface area contributed by atoms with Gasteiger partial charge in [-0.3, -0.25) is 9.79 Å². The van der Waals surface area contributed by atoms with Crippen molar-refractivity contribution in [2.45, 2.75) is 76.2 Å². The molecule has 2 rings (SSSR count). The van der Waals surface area contributed by atoms with Gasteiger partial charge in [-0.1, -0.05) is 31.5 Å². The Morgan fingerprint density at radius 1 is 1.50 bits per heavy atom. The van der Waals surface area contributed by atoms with E-state index in [9.17, 15) is 9.90 Å². The minimum atomic E-state index is -1.07. The van der Waals surface area contributed by atoms with Crippen LogP contribution in [0.1, 0.15) is 59.8 Å². The number of rotatable bonds is 4. The quantitative estimate of drug-likeness (QED) is 0.839.